The van der Waals surface area contributed by atoms with Gasteiger partial charge in [-0.15, -0.1) is 0 Å². The molecule has 0 aromatic heterocycles. The molecular weight excluding hydrogens is 512 g/mol. The van der Waals surface area contributed by atoms with Gasteiger partial charge in [-0.2, -0.15) is 0 Å². The number of carboxylic acids is 1. The van der Waals surface area contributed by atoms with E-state index in [4.69, 9.17) is 24.1 Å². The molecule has 6 aliphatic rings. The summed E-state index contributed by atoms with van der Waals surface area (Å²) in [5.74, 6) is -3.78. The van der Waals surface area contributed by atoms with E-state index in [1.807, 2.05) is 6.92 Å². The molecule has 1 aromatic carbocycles. The molecule has 8 atom stereocenters. The number of carbonyl (C=O) groups excluding carboxylic acids is 2. The zero-order valence-electron chi connectivity index (χ0n) is 21.6. The highest BCUT2D eigenvalue weighted by atomic mass is 16.7. The molecule has 8 unspecified atom stereocenters. The fourth-order valence-electron chi connectivity index (χ4n) is 7.90. The van der Waals surface area contributed by atoms with E-state index in [9.17, 15) is 29.7 Å². The maximum absolute atomic E-state index is 13.6. The Morgan fingerprint density at radius 1 is 1.05 bits per heavy atom. The van der Waals surface area contributed by atoms with Crippen molar-refractivity contribution in [1.82, 2.24) is 0 Å². The van der Waals surface area contributed by atoms with Gasteiger partial charge in [0, 0.05) is 34.6 Å². The van der Waals surface area contributed by atoms with Crippen molar-refractivity contribution in [1.29, 1.82) is 0 Å². The molecule has 4 N–H and O–H groups in total. The number of aromatic hydroxyl groups is 2. The molecule has 2 saturated heterocycles. The first-order valence-corrected chi connectivity index (χ1v) is 13.4. The van der Waals surface area contributed by atoms with Gasteiger partial charge in [-0.3, -0.25) is 14.4 Å². The summed E-state index contributed by atoms with van der Waals surface area (Å²) in [4.78, 5) is 38.3. The van der Waals surface area contributed by atoms with Gasteiger partial charge >= 0.3 is 5.97 Å². The van der Waals surface area contributed by atoms with E-state index < -0.39 is 70.6 Å². The van der Waals surface area contributed by atoms with Gasteiger partial charge in [0.1, 0.15) is 23.2 Å². The number of phenols is 2. The molecule has 208 valence electrons. The van der Waals surface area contributed by atoms with Crippen LogP contribution in [-0.2, 0) is 29.2 Å². The number of phenolic OH excluding ortho intramolecular Hbond substituents is 2. The number of carboxylic acid groups (broad SMARTS) is 1. The molecule has 0 amide bonds. The van der Waals surface area contributed by atoms with Crippen LogP contribution in [0.2, 0.25) is 0 Å². The van der Waals surface area contributed by atoms with Crippen molar-refractivity contribution in [2.24, 2.45) is 5.92 Å². The molecule has 11 heteroatoms. The third-order valence-electron chi connectivity index (χ3n) is 9.74. The zero-order valence-corrected chi connectivity index (χ0v) is 21.6. The van der Waals surface area contributed by atoms with Crippen LogP contribution in [0.1, 0.15) is 83.9 Å². The first-order chi connectivity index (χ1) is 18.5. The summed E-state index contributed by atoms with van der Waals surface area (Å²) in [5.41, 5.74) is -2.58. The second-order valence-corrected chi connectivity index (χ2v) is 11.6. The maximum atomic E-state index is 13.6. The predicted octanol–water partition coefficient (Wildman–Crippen LogP) is 2.04. The summed E-state index contributed by atoms with van der Waals surface area (Å²) >= 11 is 0. The lowest BCUT2D eigenvalue weighted by Gasteiger charge is -2.41. The van der Waals surface area contributed by atoms with Gasteiger partial charge in [0.15, 0.2) is 17.9 Å². The number of carbonyl (C=O) groups is 3. The minimum atomic E-state index is -1.40. The number of hydrogen-bond acceptors (Lipinski definition) is 10. The van der Waals surface area contributed by atoms with Gasteiger partial charge in [-0.05, 0) is 33.1 Å². The molecule has 3 aliphatic carbocycles. The molecule has 11 nitrogen and oxygen atoms in total. The highest BCUT2D eigenvalue weighted by molar-refractivity contribution is 6.29. The Hall–Kier alpha value is -2.83. The predicted molar refractivity (Wildman–Crippen MR) is 130 cm³/mol. The molecule has 1 aromatic rings. The SMILES string of the molecule is CC1CCCC(OCC2C3(O)C(C)OC4c5c(O)c6c(c(O)c5C423)C(=O)C2=C(CC(CC(=O)O)OC2)C6=O)O1. The van der Waals surface area contributed by atoms with E-state index >= 15 is 0 Å². The number of hydrogen-bond donors (Lipinski definition) is 4. The molecule has 0 bridgehead atoms. The molecule has 3 aliphatic heterocycles. The molecule has 3 fully saturated rings. The number of aliphatic hydroxyl groups is 1. The van der Waals surface area contributed by atoms with Crippen LogP contribution in [0.3, 0.4) is 0 Å². The first-order valence-electron chi connectivity index (χ1n) is 13.4. The van der Waals surface area contributed by atoms with Gasteiger partial charge in [0.05, 0.1) is 54.5 Å². The van der Waals surface area contributed by atoms with Crippen LogP contribution >= 0.6 is 0 Å². The Labute approximate surface area is 223 Å². The monoisotopic (exact) mass is 542 g/mol. The topological polar surface area (TPSA) is 169 Å². The van der Waals surface area contributed by atoms with Crippen LogP contribution < -0.4 is 0 Å². The third kappa shape index (κ3) is 2.97. The average Bonchev–Trinajstić information content (AvgIpc) is 3.40. The van der Waals surface area contributed by atoms with Crippen molar-refractivity contribution < 1.29 is 53.8 Å². The lowest BCUT2D eigenvalue weighted by atomic mass is 9.64. The summed E-state index contributed by atoms with van der Waals surface area (Å²) in [7, 11) is 0. The summed E-state index contributed by atoms with van der Waals surface area (Å²) in [6.07, 6.45) is -0.361. The van der Waals surface area contributed by atoms with E-state index in [-0.39, 0.29) is 65.6 Å². The Bertz CT molecular complexity index is 1380. The lowest BCUT2D eigenvalue weighted by molar-refractivity contribution is -0.196. The number of aliphatic carboxylic acids is 1. The Morgan fingerprint density at radius 3 is 2.49 bits per heavy atom. The van der Waals surface area contributed by atoms with Crippen molar-refractivity contribution in [3.63, 3.8) is 0 Å². The molecule has 3 heterocycles. The highest BCUT2D eigenvalue weighted by Crippen LogP contribution is 2.84. The quantitative estimate of drug-likeness (QED) is 0.402. The number of fused-ring (bicyclic) bond motifs is 3. The molecule has 39 heavy (non-hydrogen) atoms. The number of rotatable bonds is 5. The van der Waals surface area contributed by atoms with E-state index in [1.165, 1.54) is 0 Å². The fourth-order valence-corrected chi connectivity index (χ4v) is 7.90. The Kier molecular flexibility index (Phi) is 5.23. The van der Waals surface area contributed by atoms with Gasteiger partial charge in [-0.25, -0.2) is 0 Å². The van der Waals surface area contributed by atoms with E-state index in [0.29, 0.717) is 0 Å². The van der Waals surface area contributed by atoms with E-state index in [2.05, 4.69) is 0 Å². The number of benzene rings is 1. The summed E-state index contributed by atoms with van der Waals surface area (Å²) < 4.78 is 23.5. The summed E-state index contributed by atoms with van der Waals surface area (Å²) in [6, 6.07) is 0. The smallest absolute Gasteiger partial charge is 0.305 e. The average molecular weight is 543 g/mol. The second-order valence-electron chi connectivity index (χ2n) is 11.6. The fraction of sp³-hybridized carbons (Fsp3) is 0.607. The van der Waals surface area contributed by atoms with Gasteiger partial charge in [0.25, 0.3) is 0 Å². The molecule has 1 spiro atoms. The number of ether oxygens (including phenoxy) is 4. The minimum Gasteiger partial charge on any atom is -0.507 e. The van der Waals surface area contributed by atoms with Crippen molar-refractivity contribution in [2.75, 3.05) is 13.2 Å². The normalized spacial score (nSPS) is 39.8. The standard InChI is InChI=1S/C28H30O11/c1-10-4-3-5-17(38-10)37-9-15-27-21-20(26(27)39-11(2)28(15,27)35)24(33)18-19(25(21)34)23(32)14-8-36-12(7-16(29)30)6-13(14)22(18)31/h10-12,15,17,26,33-35H,3-9H2,1-2H3,(H,29,30). The maximum Gasteiger partial charge on any atom is 0.305 e. The molecule has 0 radical (unpaired) electrons. The summed E-state index contributed by atoms with van der Waals surface area (Å²) in [6.45, 7) is 3.55. The Balaban J connectivity index is 1.26. The molecule has 7 rings (SSSR count). The highest BCUT2D eigenvalue weighted by Gasteiger charge is 2.92. The zero-order chi connectivity index (χ0) is 27.6. The van der Waals surface area contributed by atoms with Crippen molar-refractivity contribution in [3.8, 4) is 11.5 Å². The van der Waals surface area contributed by atoms with Crippen LogP contribution in [0.25, 0.3) is 0 Å². The number of Topliss-reactive ketones (excluding diaryl/α,β-unsaturated/α-hetero) is 2. The van der Waals surface area contributed by atoms with Crippen molar-refractivity contribution >= 4 is 17.5 Å². The lowest BCUT2D eigenvalue weighted by Crippen LogP contribution is -2.39. The molecule has 1 saturated carbocycles. The van der Waals surface area contributed by atoms with Crippen LogP contribution in [0.15, 0.2) is 11.1 Å². The minimum absolute atomic E-state index is 0.0442. The Morgan fingerprint density at radius 2 is 1.77 bits per heavy atom. The van der Waals surface area contributed by atoms with Crippen LogP contribution in [0.4, 0.5) is 0 Å². The molecular formula is C28H30O11. The first kappa shape index (κ1) is 25.2. The summed E-state index contributed by atoms with van der Waals surface area (Å²) in [5, 5.41) is 43.7. The van der Waals surface area contributed by atoms with Crippen LogP contribution in [-0.4, -0.2) is 81.4 Å². The van der Waals surface area contributed by atoms with Gasteiger partial charge in [-0.1, -0.05) is 0 Å². The van der Waals surface area contributed by atoms with E-state index in [1.54, 1.807) is 6.92 Å². The number of ketones is 2. The van der Waals surface area contributed by atoms with Crippen LogP contribution in [0.5, 0.6) is 11.5 Å². The van der Waals surface area contributed by atoms with E-state index in [0.717, 1.165) is 19.3 Å². The van der Waals surface area contributed by atoms with Gasteiger partial charge in [0.2, 0.25) is 0 Å². The van der Waals surface area contributed by atoms with Crippen LogP contribution in [0, 0.1) is 5.92 Å². The van der Waals surface area contributed by atoms with Crippen molar-refractivity contribution in [3.05, 3.63) is 33.4 Å². The van der Waals surface area contributed by atoms with Crippen molar-refractivity contribution in [2.45, 2.75) is 87.7 Å². The third-order valence-corrected chi connectivity index (χ3v) is 9.74. The van der Waals surface area contributed by atoms with Gasteiger partial charge < -0.3 is 39.4 Å². The second kappa shape index (κ2) is 8.11. The largest absolute Gasteiger partial charge is 0.507 e.